The first-order valence-electron chi connectivity index (χ1n) is 21.9. The van der Waals surface area contributed by atoms with E-state index in [1.165, 1.54) is 70.6 Å². The lowest BCUT2D eigenvalue weighted by atomic mass is 10.0. The minimum absolute atomic E-state index is 0.0537. The summed E-state index contributed by atoms with van der Waals surface area (Å²) in [5, 5.41) is 0. The van der Waals surface area contributed by atoms with Gasteiger partial charge in [-0.1, -0.05) is 136 Å². The fourth-order valence-electron chi connectivity index (χ4n) is 6.99. The number of hydrogen-bond acceptors (Lipinski definition) is 4. The van der Waals surface area contributed by atoms with Crippen molar-refractivity contribution in [2.75, 3.05) is 18.0 Å². The van der Waals surface area contributed by atoms with Crippen molar-refractivity contribution in [3.05, 3.63) is 83.4 Å². The maximum absolute atomic E-state index is 14.2. The van der Waals surface area contributed by atoms with Gasteiger partial charge < -0.3 is 18.9 Å². The molecule has 0 heterocycles. The lowest BCUT2D eigenvalue weighted by Crippen LogP contribution is -2.38. The number of anilines is 1. The fraction of sp³-hybridized carbons (Fsp3) is 0.609. The highest BCUT2D eigenvalue weighted by Crippen LogP contribution is 2.39. The van der Waals surface area contributed by atoms with Crippen LogP contribution in [0.25, 0.3) is 0 Å². The summed E-state index contributed by atoms with van der Waals surface area (Å²) < 4.78 is 140. The molecule has 0 aliphatic rings. The van der Waals surface area contributed by atoms with E-state index in [0.29, 0.717) is 13.1 Å². The Hall–Kier alpha value is -3.71. The van der Waals surface area contributed by atoms with Gasteiger partial charge in [0.25, 0.3) is 0 Å². The van der Waals surface area contributed by atoms with E-state index >= 15 is 0 Å². The Bertz CT molecular complexity index is 1520. The van der Waals surface area contributed by atoms with Gasteiger partial charge in [0, 0.05) is 13.1 Å². The Labute approximate surface area is 351 Å². The monoisotopic (exact) mass is 859 g/mol. The molecule has 0 saturated carbocycles. The third kappa shape index (κ3) is 19.8. The van der Waals surface area contributed by atoms with E-state index in [9.17, 15) is 39.5 Å². The molecule has 0 aliphatic heterocycles. The average molecular weight is 860 g/mol. The summed E-state index contributed by atoms with van der Waals surface area (Å²) in [7, 11) is -1.82. The predicted molar refractivity (Wildman–Crippen MR) is 222 cm³/mol. The normalized spacial score (nSPS) is 12.1. The topological polar surface area (TPSA) is 30.9 Å². The molecule has 60 heavy (non-hydrogen) atoms. The molecule has 3 rings (SSSR count). The van der Waals surface area contributed by atoms with Crippen LogP contribution in [-0.2, 0) is 18.5 Å². The van der Waals surface area contributed by atoms with E-state index in [1.807, 2.05) is 4.90 Å². The van der Waals surface area contributed by atoms with Gasteiger partial charge in [-0.3, -0.25) is 0 Å². The summed E-state index contributed by atoms with van der Waals surface area (Å²) >= 11 is 0. The fourth-order valence-corrected chi connectivity index (χ4v) is 6.99. The Morgan fingerprint density at radius 2 is 0.717 bits per heavy atom. The molecule has 3 aromatic carbocycles. The molecule has 0 spiro atoms. The second-order valence-electron chi connectivity index (χ2n) is 15.6. The molecule has 0 radical (unpaired) electrons. The highest BCUT2D eigenvalue weighted by atomic mass is 19.4. The molecule has 4 nitrogen and oxygen atoms in total. The van der Waals surface area contributed by atoms with Gasteiger partial charge in [0.05, 0.1) is 22.4 Å². The number of nitrogens with zero attached hydrogens (tertiary/aromatic N) is 1. The summed E-state index contributed by atoms with van der Waals surface area (Å²) in [6, 6.07) is 10.2. The lowest BCUT2D eigenvalue weighted by molar-refractivity contribution is -0.138. The zero-order valence-electron chi connectivity index (χ0n) is 35.3. The molecular weight excluding hydrogens is 796 g/mol. The molecule has 0 amide bonds. The minimum atomic E-state index is -4.68. The van der Waals surface area contributed by atoms with E-state index in [0.717, 1.165) is 131 Å². The van der Waals surface area contributed by atoms with Crippen LogP contribution < -0.4 is 18.9 Å². The zero-order chi connectivity index (χ0) is 43.9. The summed E-state index contributed by atoms with van der Waals surface area (Å²) in [4.78, 5) is 1.87. The van der Waals surface area contributed by atoms with Crippen LogP contribution in [0.15, 0.2) is 66.7 Å². The van der Waals surface area contributed by atoms with E-state index in [2.05, 4.69) is 13.8 Å². The number of alkyl halides is 9. The van der Waals surface area contributed by atoms with Crippen LogP contribution >= 0.6 is 0 Å². The van der Waals surface area contributed by atoms with Gasteiger partial charge >= 0.3 is 25.9 Å². The van der Waals surface area contributed by atoms with Crippen molar-refractivity contribution in [1.29, 1.82) is 0 Å². The largest absolute Gasteiger partial charge is 0.864 e. The number of rotatable bonds is 30. The van der Waals surface area contributed by atoms with Crippen molar-refractivity contribution in [2.24, 2.45) is 0 Å². The van der Waals surface area contributed by atoms with Gasteiger partial charge in [-0.15, -0.1) is 0 Å². The van der Waals surface area contributed by atoms with Crippen LogP contribution in [0.1, 0.15) is 165 Å². The first-order chi connectivity index (χ1) is 28.6. The Morgan fingerprint density at radius 1 is 0.400 bits per heavy atom. The second kappa shape index (κ2) is 26.6. The maximum Gasteiger partial charge on any atom is 0.864 e. The average Bonchev–Trinajstić information content (AvgIpc) is 3.19. The quantitative estimate of drug-likeness (QED) is 0.0380. The van der Waals surface area contributed by atoms with Crippen molar-refractivity contribution in [3.63, 3.8) is 0 Å². The van der Waals surface area contributed by atoms with E-state index in [-0.39, 0.29) is 22.9 Å². The molecule has 0 aliphatic carbocycles. The van der Waals surface area contributed by atoms with Crippen LogP contribution in [0.3, 0.4) is 0 Å². The molecule has 0 fully saturated rings. The molecular formula is C46H63BF9NO3. The van der Waals surface area contributed by atoms with E-state index in [1.54, 1.807) is 0 Å². The predicted octanol–water partition coefficient (Wildman–Crippen LogP) is 16.3. The summed E-state index contributed by atoms with van der Waals surface area (Å²) in [6.07, 6.45) is 9.11. The van der Waals surface area contributed by atoms with Crippen molar-refractivity contribution in [1.82, 2.24) is 0 Å². The van der Waals surface area contributed by atoms with Gasteiger partial charge in [-0.05, 0) is 79.6 Å². The first-order valence-corrected chi connectivity index (χ1v) is 21.9. The SMILES string of the molecule is CCCCCCCCCCCCCN(CCCCCCCCCCCC)c1cc(C(F)(F)F)ccc1OB(Oc1ccc(C(F)(F)F)cc1)Oc1ccc(C(F)(F)F)cc1. The zero-order valence-corrected chi connectivity index (χ0v) is 35.3. The Balaban J connectivity index is 1.85. The van der Waals surface area contributed by atoms with Crippen molar-refractivity contribution in [3.8, 4) is 17.2 Å². The third-order valence-corrected chi connectivity index (χ3v) is 10.5. The minimum Gasteiger partial charge on any atom is -0.490 e. The number of hydrogen-bond donors (Lipinski definition) is 0. The van der Waals surface area contributed by atoms with Gasteiger partial charge in [0.2, 0.25) is 0 Å². The van der Waals surface area contributed by atoms with Crippen molar-refractivity contribution >= 4 is 13.0 Å². The number of halogens is 9. The third-order valence-electron chi connectivity index (χ3n) is 10.5. The first kappa shape index (κ1) is 50.6. The van der Waals surface area contributed by atoms with E-state index in [4.69, 9.17) is 14.0 Å². The molecule has 0 saturated heterocycles. The van der Waals surface area contributed by atoms with Crippen molar-refractivity contribution < 1.29 is 53.5 Å². The highest BCUT2D eigenvalue weighted by Gasteiger charge is 2.37. The van der Waals surface area contributed by atoms with E-state index < -0.39 is 42.5 Å². The number of benzene rings is 3. The second-order valence-corrected chi connectivity index (χ2v) is 15.6. The maximum atomic E-state index is 14.2. The Kier molecular flexibility index (Phi) is 22.4. The van der Waals surface area contributed by atoms with Crippen LogP contribution in [0.4, 0.5) is 45.2 Å². The molecule has 336 valence electrons. The van der Waals surface area contributed by atoms with Crippen molar-refractivity contribution in [2.45, 2.75) is 167 Å². The van der Waals surface area contributed by atoms with Crippen LogP contribution in [-0.4, -0.2) is 20.4 Å². The van der Waals surface area contributed by atoms with Gasteiger partial charge in [0.1, 0.15) is 17.2 Å². The standard InChI is InChI=1S/C46H63BF9NO3/c1-3-5-7-9-11-13-15-17-19-21-23-35-57(34-22-20-18-16-14-12-10-8-6-4-2)42-36-39(46(54,55)56)28-33-43(42)60-47(58-40-29-24-37(25-30-40)44(48,49)50)59-41-31-26-38(27-32-41)45(51,52)53/h24-33,36H,3-23,34-35H2,1-2H3. The lowest BCUT2D eigenvalue weighted by Gasteiger charge is -2.29. The number of unbranched alkanes of at least 4 members (excludes halogenated alkanes) is 19. The summed E-state index contributed by atoms with van der Waals surface area (Å²) in [5.41, 5.74) is -2.68. The molecule has 3 aromatic rings. The molecule has 14 heteroatoms. The van der Waals surface area contributed by atoms with Gasteiger partial charge in [-0.25, -0.2) is 0 Å². The summed E-state index contributed by atoms with van der Waals surface area (Å²) in [5.74, 6) is -0.338. The van der Waals surface area contributed by atoms with Crippen LogP contribution in [0, 0.1) is 0 Å². The Morgan fingerprint density at radius 3 is 1.05 bits per heavy atom. The highest BCUT2D eigenvalue weighted by molar-refractivity contribution is 6.39. The molecule has 0 atom stereocenters. The summed E-state index contributed by atoms with van der Waals surface area (Å²) in [6.45, 7) is 5.26. The van der Waals surface area contributed by atoms with Crippen LogP contribution in [0.2, 0.25) is 0 Å². The molecule has 0 unspecified atom stereocenters. The van der Waals surface area contributed by atoms with Crippen LogP contribution in [0.5, 0.6) is 17.2 Å². The molecule has 0 bridgehead atoms. The molecule has 0 aromatic heterocycles. The van der Waals surface area contributed by atoms with Gasteiger partial charge in [-0.2, -0.15) is 39.5 Å². The smallest absolute Gasteiger partial charge is 0.490 e. The van der Waals surface area contributed by atoms with Gasteiger partial charge in [0.15, 0.2) is 0 Å². The molecule has 0 N–H and O–H groups in total.